The zero-order valence-corrected chi connectivity index (χ0v) is 28.5. The van der Waals surface area contributed by atoms with Crippen LogP contribution in [0.2, 0.25) is 0 Å². The molecular weight excluding hydrogens is 673 g/mol. The molecule has 0 saturated heterocycles. The van der Waals surface area contributed by atoms with Gasteiger partial charge in [-0.1, -0.05) is 58.4 Å². The number of carbonyl (C=O) groups excluding carboxylic acids is 2. The lowest BCUT2D eigenvalue weighted by molar-refractivity contribution is -0.140. The molecule has 46 heavy (non-hydrogen) atoms. The highest BCUT2D eigenvalue weighted by molar-refractivity contribution is 9.10. The van der Waals surface area contributed by atoms with Gasteiger partial charge in [0.2, 0.25) is 11.8 Å². The van der Waals surface area contributed by atoms with Crippen molar-refractivity contribution in [2.75, 3.05) is 18.0 Å². The van der Waals surface area contributed by atoms with E-state index in [1.165, 1.54) is 48.4 Å². The van der Waals surface area contributed by atoms with Gasteiger partial charge in [-0.3, -0.25) is 13.9 Å². The molecule has 4 aromatic rings. The van der Waals surface area contributed by atoms with Gasteiger partial charge in [-0.05, 0) is 92.6 Å². The van der Waals surface area contributed by atoms with E-state index in [1.807, 2.05) is 75.4 Å². The molecule has 4 rings (SSSR count). The van der Waals surface area contributed by atoms with Gasteiger partial charge in [-0.25, -0.2) is 12.8 Å². The van der Waals surface area contributed by atoms with Crippen molar-refractivity contribution in [2.24, 2.45) is 0 Å². The molecule has 1 atom stereocenters. The number of nitrogens with zero attached hydrogens (tertiary/aromatic N) is 2. The Labute approximate surface area is 278 Å². The molecule has 0 radical (unpaired) electrons. The largest absolute Gasteiger partial charge is 0.497 e. The van der Waals surface area contributed by atoms with E-state index in [1.54, 1.807) is 0 Å². The monoisotopic (exact) mass is 709 g/mol. The fraction of sp³-hybridized carbons (Fsp3) is 0.257. The number of methoxy groups -OCH3 is 1. The molecule has 2 amide bonds. The fourth-order valence-corrected chi connectivity index (χ4v) is 6.48. The summed E-state index contributed by atoms with van der Waals surface area (Å²) >= 11 is 3.43. The van der Waals surface area contributed by atoms with Gasteiger partial charge in [0.05, 0.1) is 17.7 Å². The molecule has 4 aromatic carbocycles. The van der Waals surface area contributed by atoms with Gasteiger partial charge in [0.15, 0.2) is 0 Å². The Morgan fingerprint density at radius 2 is 1.48 bits per heavy atom. The first-order valence-corrected chi connectivity index (χ1v) is 16.8. The number of hydrogen-bond donors (Lipinski definition) is 1. The van der Waals surface area contributed by atoms with Crippen molar-refractivity contribution in [3.8, 4) is 5.75 Å². The van der Waals surface area contributed by atoms with Crippen LogP contribution in [0.5, 0.6) is 5.75 Å². The second-order valence-electron chi connectivity index (χ2n) is 11.8. The van der Waals surface area contributed by atoms with E-state index in [-0.39, 0.29) is 29.5 Å². The molecule has 242 valence electrons. The summed E-state index contributed by atoms with van der Waals surface area (Å²) in [6.07, 6.45) is 0.187. The standard InChI is InChI=1S/C35H37BrFN3O5S/c1-35(2,3)38-34(42)32(22-25-8-6-5-7-9-25)39(23-26-10-12-27(36)13-11-26)33(41)24-40(29-16-14-28(37)15-17-29)46(43,44)31-20-18-30(45-4)19-21-31/h5-21,32H,22-24H2,1-4H3,(H,38,42)/t32-/m0/s1. The molecule has 0 aromatic heterocycles. The zero-order valence-electron chi connectivity index (χ0n) is 26.1. The van der Waals surface area contributed by atoms with E-state index >= 15 is 0 Å². The lowest BCUT2D eigenvalue weighted by Crippen LogP contribution is -2.56. The Hall–Kier alpha value is -4.22. The predicted octanol–water partition coefficient (Wildman–Crippen LogP) is 6.35. The fourth-order valence-electron chi connectivity index (χ4n) is 4.80. The molecule has 0 saturated carbocycles. The molecule has 1 N–H and O–H groups in total. The van der Waals surface area contributed by atoms with Gasteiger partial charge in [0, 0.05) is 23.0 Å². The molecule has 0 fully saturated rings. The van der Waals surface area contributed by atoms with Gasteiger partial charge in [0.1, 0.15) is 24.2 Å². The highest BCUT2D eigenvalue weighted by Gasteiger charge is 2.35. The Kier molecular flexibility index (Phi) is 11.2. The SMILES string of the molecule is COc1ccc(S(=O)(=O)N(CC(=O)N(Cc2ccc(Br)cc2)[C@@H](Cc2ccccc2)C(=O)NC(C)(C)C)c2ccc(F)cc2)cc1. The van der Waals surface area contributed by atoms with E-state index in [9.17, 15) is 22.4 Å². The van der Waals surface area contributed by atoms with Crippen molar-refractivity contribution in [2.45, 2.75) is 50.2 Å². The van der Waals surface area contributed by atoms with Gasteiger partial charge < -0.3 is 15.0 Å². The maximum atomic E-state index is 14.5. The highest BCUT2D eigenvalue weighted by Crippen LogP contribution is 2.27. The third kappa shape index (κ3) is 9.17. The summed E-state index contributed by atoms with van der Waals surface area (Å²) in [7, 11) is -2.86. The van der Waals surface area contributed by atoms with Crippen LogP contribution in [0.15, 0.2) is 112 Å². The number of halogens is 2. The van der Waals surface area contributed by atoms with E-state index < -0.39 is 39.9 Å². The second kappa shape index (κ2) is 14.9. The smallest absolute Gasteiger partial charge is 0.264 e. The minimum Gasteiger partial charge on any atom is -0.497 e. The molecule has 0 spiro atoms. The Morgan fingerprint density at radius 1 is 0.870 bits per heavy atom. The molecule has 0 aliphatic rings. The highest BCUT2D eigenvalue weighted by atomic mass is 79.9. The number of rotatable bonds is 12. The van der Waals surface area contributed by atoms with Crippen molar-refractivity contribution in [3.05, 3.63) is 125 Å². The lowest BCUT2D eigenvalue weighted by atomic mass is 10.0. The first kappa shape index (κ1) is 34.6. The summed E-state index contributed by atoms with van der Waals surface area (Å²) < 4.78 is 49.1. The molecular formula is C35H37BrFN3O5S. The summed E-state index contributed by atoms with van der Waals surface area (Å²) in [5.74, 6) is -1.10. The molecule has 0 aliphatic heterocycles. The summed E-state index contributed by atoms with van der Waals surface area (Å²) in [5.41, 5.74) is 1.06. The average molecular weight is 711 g/mol. The number of carbonyl (C=O) groups is 2. The van der Waals surface area contributed by atoms with Gasteiger partial charge in [-0.2, -0.15) is 0 Å². The van der Waals surface area contributed by atoms with E-state index in [0.717, 1.165) is 32.0 Å². The molecule has 0 unspecified atom stereocenters. The Bertz CT molecular complexity index is 1730. The number of sulfonamides is 1. The van der Waals surface area contributed by atoms with Crippen LogP contribution in [0.3, 0.4) is 0 Å². The predicted molar refractivity (Wildman–Crippen MR) is 180 cm³/mol. The minimum atomic E-state index is -4.33. The maximum Gasteiger partial charge on any atom is 0.264 e. The van der Waals surface area contributed by atoms with Crippen LogP contribution < -0.4 is 14.4 Å². The number of ether oxygens (including phenoxy) is 1. The average Bonchev–Trinajstić information content (AvgIpc) is 3.02. The van der Waals surface area contributed by atoms with Crippen molar-refractivity contribution >= 4 is 43.5 Å². The van der Waals surface area contributed by atoms with Crippen LogP contribution in [-0.4, -0.2) is 50.4 Å². The normalized spacial score (nSPS) is 12.2. The quantitative estimate of drug-likeness (QED) is 0.185. The maximum absolute atomic E-state index is 14.5. The van der Waals surface area contributed by atoms with Crippen LogP contribution in [0.1, 0.15) is 31.9 Å². The van der Waals surface area contributed by atoms with Crippen LogP contribution in [0.25, 0.3) is 0 Å². The van der Waals surface area contributed by atoms with Crippen LogP contribution in [0, 0.1) is 5.82 Å². The lowest BCUT2D eigenvalue weighted by Gasteiger charge is -2.35. The number of amides is 2. The first-order valence-electron chi connectivity index (χ1n) is 14.6. The summed E-state index contributed by atoms with van der Waals surface area (Å²) in [6.45, 7) is 4.93. The van der Waals surface area contributed by atoms with Crippen molar-refractivity contribution in [3.63, 3.8) is 0 Å². The van der Waals surface area contributed by atoms with Crippen molar-refractivity contribution in [1.29, 1.82) is 0 Å². The molecule has 0 bridgehead atoms. The number of benzene rings is 4. The summed E-state index contributed by atoms with van der Waals surface area (Å²) in [5, 5.41) is 3.00. The van der Waals surface area contributed by atoms with Gasteiger partial charge in [-0.15, -0.1) is 0 Å². The third-order valence-electron chi connectivity index (χ3n) is 7.08. The number of anilines is 1. The molecule has 0 aliphatic carbocycles. The summed E-state index contributed by atoms with van der Waals surface area (Å²) in [4.78, 5) is 29.7. The van der Waals surface area contributed by atoms with E-state index in [2.05, 4.69) is 21.2 Å². The second-order valence-corrected chi connectivity index (χ2v) is 14.5. The minimum absolute atomic E-state index is 0.0288. The Morgan fingerprint density at radius 3 is 2.04 bits per heavy atom. The van der Waals surface area contributed by atoms with Crippen molar-refractivity contribution < 1.29 is 27.1 Å². The van der Waals surface area contributed by atoms with E-state index in [0.29, 0.717) is 5.75 Å². The van der Waals surface area contributed by atoms with E-state index in [4.69, 9.17) is 4.74 Å². The molecule has 11 heteroatoms. The van der Waals surface area contributed by atoms with Crippen molar-refractivity contribution in [1.82, 2.24) is 10.2 Å². The van der Waals surface area contributed by atoms with Crippen LogP contribution in [-0.2, 0) is 32.6 Å². The molecule has 0 heterocycles. The summed E-state index contributed by atoms with van der Waals surface area (Å²) in [6, 6.07) is 26.3. The Balaban J connectivity index is 1.81. The zero-order chi connectivity index (χ0) is 33.5. The number of nitrogens with one attached hydrogen (secondary N) is 1. The van der Waals surface area contributed by atoms with Crippen LogP contribution >= 0.6 is 15.9 Å². The molecule has 8 nitrogen and oxygen atoms in total. The van der Waals surface area contributed by atoms with Gasteiger partial charge >= 0.3 is 0 Å². The number of hydrogen-bond acceptors (Lipinski definition) is 5. The van der Waals surface area contributed by atoms with Crippen LogP contribution in [0.4, 0.5) is 10.1 Å². The third-order valence-corrected chi connectivity index (χ3v) is 9.39. The first-order chi connectivity index (χ1) is 21.8. The topological polar surface area (TPSA) is 96.0 Å². The van der Waals surface area contributed by atoms with Gasteiger partial charge in [0.25, 0.3) is 10.0 Å².